The number of benzene rings is 2. The van der Waals surface area contributed by atoms with Crippen LogP contribution in [0, 0.1) is 6.92 Å². The van der Waals surface area contributed by atoms with Crippen LogP contribution in [0.1, 0.15) is 23.9 Å². The number of rotatable bonds is 9. The van der Waals surface area contributed by atoms with Crippen LogP contribution in [0.15, 0.2) is 42.5 Å². The Morgan fingerprint density at radius 2 is 1.93 bits per heavy atom. The van der Waals surface area contributed by atoms with E-state index in [2.05, 4.69) is 20.8 Å². The summed E-state index contributed by atoms with van der Waals surface area (Å²) in [6.07, 6.45) is -0.385. The standard InChI is InChI=1S/C20H25N5O3/c1-14-4-7-17(8-5-14)25-20(22-23-24-25)13-28-18-9-6-16(10-19(18)27-3)12-21-11-15(2)26/h4-10,15,21,26H,11-13H2,1-3H3/t15-/m1/s1. The van der Waals surface area contributed by atoms with Gasteiger partial charge in [-0.15, -0.1) is 5.10 Å². The monoisotopic (exact) mass is 383 g/mol. The van der Waals surface area contributed by atoms with Crippen molar-refractivity contribution in [2.24, 2.45) is 0 Å². The van der Waals surface area contributed by atoms with Gasteiger partial charge in [0.25, 0.3) is 0 Å². The molecular formula is C20H25N5O3. The first-order valence-electron chi connectivity index (χ1n) is 9.09. The molecule has 2 N–H and O–H groups in total. The summed E-state index contributed by atoms with van der Waals surface area (Å²) in [6.45, 7) is 5.14. The van der Waals surface area contributed by atoms with Crippen LogP contribution in [0.4, 0.5) is 0 Å². The summed E-state index contributed by atoms with van der Waals surface area (Å²) in [4.78, 5) is 0. The van der Waals surface area contributed by atoms with Gasteiger partial charge in [-0.05, 0) is 54.1 Å². The summed E-state index contributed by atoms with van der Waals surface area (Å²) < 4.78 is 13.0. The van der Waals surface area contributed by atoms with Crippen molar-refractivity contribution in [2.75, 3.05) is 13.7 Å². The zero-order valence-corrected chi connectivity index (χ0v) is 16.3. The van der Waals surface area contributed by atoms with E-state index in [4.69, 9.17) is 9.47 Å². The van der Waals surface area contributed by atoms with E-state index in [9.17, 15) is 5.11 Å². The Hall–Kier alpha value is -2.97. The third-order valence-electron chi connectivity index (χ3n) is 4.17. The van der Waals surface area contributed by atoms with Crippen LogP contribution < -0.4 is 14.8 Å². The largest absolute Gasteiger partial charge is 0.493 e. The lowest BCUT2D eigenvalue weighted by atomic mass is 10.2. The number of methoxy groups -OCH3 is 1. The van der Waals surface area contributed by atoms with Crippen molar-refractivity contribution in [3.8, 4) is 17.2 Å². The minimum absolute atomic E-state index is 0.205. The molecule has 2 aromatic carbocycles. The van der Waals surface area contributed by atoms with Crippen molar-refractivity contribution < 1.29 is 14.6 Å². The van der Waals surface area contributed by atoms with Gasteiger partial charge in [0.15, 0.2) is 23.9 Å². The number of hydrogen-bond donors (Lipinski definition) is 2. The molecule has 0 unspecified atom stereocenters. The first-order chi connectivity index (χ1) is 13.6. The first-order valence-corrected chi connectivity index (χ1v) is 9.09. The first kappa shape index (κ1) is 19.8. The number of aliphatic hydroxyl groups excluding tert-OH is 1. The van der Waals surface area contributed by atoms with Gasteiger partial charge in [-0.1, -0.05) is 23.8 Å². The Labute approximate surface area is 164 Å². The molecule has 0 radical (unpaired) electrons. The van der Waals surface area contributed by atoms with Gasteiger partial charge in [0, 0.05) is 13.1 Å². The molecular weight excluding hydrogens is 358 g/mol. The van der Waals surface area contributed by atoms with Gasteiger partial charge >= 0.3 is 0 Å². The lowest BCUT2D eigenvalue weighted by Gasteiger charge is -2.13. The average molecular weight is 383 g/mol. The molecule has 0 saturated heterocycles. The van der Waals surface area contributed by atoms with Crippen molar-refractivity contribution >= 4 is 0 Å². The van der Waals surface area contributed by atoms with Crippen LogP contribution in [0.3, 0.4) is 0 Å². The molecule has 1 atom stereocenters. The third kappa shape index (κ3) is 5.05. The Morgan fingerprint density at radius 3 is 2.64 bits per heavy atom. The molecule has 0 aliphatic carbocycles. The van der Waals surface area contributed by atoms with E-state index in [1.165, 1.54) is 5.56 Å². The quantitative estimate of drug-likeness (QED) is 0.584. The maximum absolute atomic E-state index is 9.33. The van der Waals surface area contributed by atoms with E-state index in [0.717, 1.165) is 11.3 Å². The highest BCUT2D eigenvalue weighted by Gasteiger charge is 2.12. The molecule has 1 aromatic heterocycles. The van der Waals surface area contributed by atoms with Crippen LogP contribution >= 0.6 is 0 Å². The lowest BCUT2D eigenvalue weighted by molar-refractivity contribution is 0.191. The number of nitrogens with zero attached hydrogens (tertiary/aromatic N) is 4. The van der Waals surface area contributed by atoms with E-state index in [1.54, 1.807) is 18.7 Å². The van der Waals surface area contributed by atoms with Crippen LogP contribution in [-0.2, 0) is 13.2 Å². The van der Waals surface area contributed by atoms with E-state index in [0.29, 0.717) is 30.4 Å². The van der Waals surface area contributed by atoms with E-state index >= 15 is 0 Å². The molecule has 3 rings (SSSR count). The molecule has 1 heterocycles. The van der Waals surface area contributed by atoms with Gasteiger partial charge in [0.1, 0.15) is 0 Å². The summed E-state index contributed by atoms with van der Waals surface area (Å²) in [5.74, 6) is 1.83. The molecule has 8 heteroatoms. The van der Waals surface area contributed by atoms with Crippen LogP contribution in [0.5, 0.6) is 11.5 Å². The smallest absolute Gasteiger partial charge is 0.194 e. The second-order valence-corrected chi connectivity index (χ2v) is 6.60. The molecule has 28 heavy (non-hydrogen) atoms. The highest BCUT2D eigenvalue weighted by molar-refractivity contribution is 5.43. The van der Waals surface area contributed by atoms with Crippen molar-refractivity contribution in [3.05, 3.63) is 59.4 Å². The number of aryl methyl sites for hydroxylation is 1. The fourth-order valence-electron chi connectivity index (χ4n) is 2.69. The van der Waals surface area contributed by atoms with Crippen molar-refractivity contribution in [1.29, 1.82) is 0 Å². The highest BCUT2D eigenvalue weighted by Crippen LogP contribution is 2.28. The van der Waals surface area contributed by atoms with E-state index < -0.39 is 0 Å². The molecule has 3 aromatic rings. The predicted molar refractivity (Wildman–Crippen MR) is 105 cm³/mol. The predicted octanol–water partition coefficient (Wildman–Crippen LogP) is 2.03. The zero-order chi connectivity index (χ0) is 19.9. The van der Waals surface area contributed by atoms with Crippen LogP contribution in [0.2, 0.25) is 0 Å². The SMILES string of the molecule is COc1cc(CNC[C@@H](C)O)ccc1OCc1nnnn1-c1ccc(C)cc1. The topological polar surface area (TPSA) is 94.3 Å². The maximum atomic E-state index is 9.33. The van der Waals surface area contributed by atoms with Crippen LogP contribution in [0.25, 0.3) is 5.69 Å². The van der Waals surface area contributed by atoms with Gasteiger partial charge in [0.2, 0.25) is 0 Å². The number of hydrogen-bond acceptors (Lipinski definition) is 7. The fraction of sp³-hybridized carbons (Fsp3) is 0.350. The highest BCUT2D eigenvalue weighted by atomic mass is 16.5. The molecule has 0 saturated carbocycles. The molecule has 0 spiro atoms. The molecule has 0 aliphatic heterocycles. The number of nitrogens with one attached hydrogen (secondary N) is 1. The lowest BCUT2D eigenvalue weighted by Crippen LogP contribution is -2.23. The Balaban J connectivity index is 1.68. The number of aliphatic hydroxyl groups is 1. The molecule has 0 bridgehead atoms. The molecule has 0 aliphatic rings. The van der Waals surface area contributed by atoms with Crippen molar-refractivity contribution in [1.82, 2.24) is 25.5 Å². The minimum Gasteiger partial charge on any atom is -0.493 e. The zero-order valence-electron chi connectivity index (χ0n) is 16.3. The third-order valence-corrected chi connectivity index (χ3v) is 4.17. The molecule has 148 valence electrons. The van der Waals surface area contributed by atoms with Crippen molar-refractivity contribution in [2.45, 2.75) is 33.1 Å². The Bertz CT molecular complexity index is 893. The van der Waals surface area contributed by atoms with Gasteiger partial charge in [-0.25, -0.2) is 0 Å². The minimum atomic E-state index is -0.385. The maximum Gasteiger partial charge on any atom is 0.194 e. The summed E-state index contributed by atoms with van der Waals surface area (Å²) >= 11 is 0. The summed E-state index contributed by atoms with van der Waals surface area (Å²) in [6, 6.07) is 13.7. The normalized spacial score (nSPS) is 12.0. The summed E-state index contributed by atoms with van der Waals surface area (Å²) in [5, 5.41) is 24.4. The Kier molecular flexibility index (Phi) is 6.57. The van der Waals surface area contributed by atoms with E-state index in [-0.39, 0.29) is 12.7 Å². The van der Waals surface area contributed by atoms with Crippen molar-refractivity contribution in [3.63, 3.8) is 0 Å². The van der Waals surface area contributed by atoms with E-state index in [1.807, 2.05) is 49.4 Å². The molecule has 8 nitrogen and oxygen atoms in total. The van der Waals surface area contributed by atoms with Gasteiger partial charge in [-0.2, -0.15) is 4.68 Å². The number of tetrazole rings is 1. The summed E-state index contributed by atoms with van der Waals surface area (Å²) in [5.41, 5.74) is 3.08. The second kappa shape index (κ2) is 9.29. The number of aromatic nitrogens is 4. The fourth-order valence-corrected chi connectivity index (χ4v) is 2.69. The van der Waals surface area contributed by atoms with Gasteiger partial charge < -0.3 is 19.9 Å². The summed E-state index contributed by atoms with van der Waals surface area (Å²) in [7, 11) is 1.60. The van der Waals surface area contributed by atoms with Crippen LogP contribution in [-0.4, -0.2) is 45.1 Å². The Morgan fingerprint density at radius 1 is 1.14 bits per heavy atom. The van der Waals surface area contributed by atoms with Gasteiger partial charge in [0.05, 0.1) is 18.9 Å². The molecule has 0 fully saturated rings. The molecule has 0 amide bonds. The number of ether oxygens (including phenoxy) is 2. The average Bonchev–Trinajstić information content (AvgIpc) is 3.15. The van der Waals surface area contributed by atoms with Gasteiger partial charge in [-0.3, -0.25) is 0 Å². The second-order valence-electron chi connectivity index (χ2n) is 6.60.